The summed E-state index contributed by atoms with van der Waals surface area (Å²) < 4.78 is 25.6. The summed E-state index contributed by atoms with van der Waals surface area (Å²) in [5.74, 6) is -0.408. The van der Waals surface area contributed by atoms with Crippen molar-refractivity contribution in [2.45, 2.75) is 10.9 Å². The highest BCUT2D eigenvalue weighted by atomic mass is 35.5. The van der Waals surface area contributed by atoms with Crippen LogP contribution in [0.5, 0.6) is 0 Å². The lowest BCUT2D eigenvalue weighted by Crippen LogP contribution is -2.34. The van der Waals surface area contributed by atoms with Crippen LogP contribution in [0, 0.1) is 0 Å². The molecule has 6 nitrogen and oxygen atoms in total. The molecule has 1 aromatic carbocycles. The Balaban J connectivity index is 2.22. The molecule has 26 heavy (non-hydrogen) atoms. The number of benzene rings is 1. The summed E-state index contributed by atoms with van der Waals surface area (Å²) in [4.78, 5) is 15.8. The van der Waals surface area contributed by atoms with Gasteiger partial charge in [-0.15, -0.1) is 11.3 Å². The summed E-state index contributed by atoms with van der Waals surface area (Å²) in [7, 11) is 3.11. The smallest absolute Gasteiger partial charge is 0.252 e. The second kappa shape index (κ2) is 8.49. The molecule has 142 valence electrons. The standard InChI is InChI=1S/C17H22ClN3O3S2/c1-20(2)15(16-6-5-9-25-16)11-19-17(22)13-10-12(7-8-14(13)18)26(23,24)21(3)4/h5-10,15H,11H2,1-4H3,(H,19,22)/t15-/m0/s1. The maximum atomic E-state index is 12.6. The van der Waals surface area contributed by atoms with Crippen LogP contribution in [-0.4, -0.2) is 58.3 Å². The van der Waals surface area contributed by atoms with Gasteiger partial charge in [-0.05, 0) is 43.7 Å². The van der Waals surface area contributed by atoms with E-state index in [0.29, 0.717) is 6.54 Å². The Labute approximate surface area is 163 Å². The van der Waals surface area contributed by atoms with Crippen LogP contribution < -0.4 is 5.32 Å². The molecule has 1 atom stereocenters. The Hall–Kier alpha value is -1.45. The zero-order valence-electron chi connectivity index (χ0n) is 15.1. The molecule has 0 unspecified atom stereocenters. The van der Waals surface area contributed by atoms with Gasteiger partial charge in [-0.3, -0.25) is 4.79 Å². The molecule has 0 fully saturated rings. The van der Waals surface area contributed by atoms with Crippen LogP contribution in [-0.2, 0) is 10.0 Å². The third kappa shape index (κ3) is 4.63. The number of carbonyl (C=O) groups is 1. The monoisotopic (exact) mass is 415 g/mol. The molecule has 0 saturated carbocycles. The molecule has 9 heteroatoms. The van der Waals surface area contributed by atoms with Crippen molar-refractivity contribution >= 4 is 38.9 Å². The van der Waals surface area contributed by atoms with Gasteiger partial charge in [-0.2, -0.15) is 0 Å². The summed E-state index contributed by atoms with van der Waals surface area (Å²) in [5, 5.41) is 5.04. The molecule has 1 aromatic heterocycles. The summed E-state index contributed by atoms with van der Waals surface area (Å²) >= 11 is 7.74. The van der Waals surface area contributed by atoms with Crippen LogP contribution in [0.15, 0.2) is 40.6 Å². The van der Waals surface area contributed by atoms with Gasteiger partial charge in [0.2, 0.25) is 10.0 Å². The maximum Gasteiger partial charge on any atom is 0.252 e. The first-order chi connectivity index (χ1) is 12.1. The Morgan fingerprint density at radius 3 is 2.46 bits per heavy atom. The molecule has 2 aromatic rings. The van der Waals surface area contributed by atoms with E-state index in [2.05, 4.69) is 5.32 Å². The molecule has 2 rings (SSSR count). The molecule has 1 amide bonds. The largest absolute Gasteiger partial charge is 0.350 e. The van der Waals surface area contributed by atoms with Gasteiger partial charge < -0.3 is 10.2 Å². The molecule has 0 bridgehead atoms. The predicted octanol–water partition coefficient (Wildman–Crippen LogP) is 2.68. The molecule has 0 saturated heterocycles. The fourth-order valence-corrected chi connectivity index (χ4v) is 4.41. The highest BCUT2D eigenvalue weighted by Gasteiger charge is 2.22. The third-order valence-electron chi connectivity index (χ3n) is 3.91. The van der Waals surface area contributed by atoms with Crippen molar-refractivity contribution in [3.05, 3.63) is 51.2 Å². The number of halogens is 1. The van der Waals surface area contributed by atoms with Crippen LogP contribution >= 0.6 is 22.9 Å². The number of nitrogens with zero attached hydrogens (tertiary/aromatic N) is 2. The van der Waals surface area contributed by atoms with Crippen molar-refractivity contribution < 1.29 is 13.2 Å². The molecule has 0 spiro atoms. The number of sulfonamides is 1. The quantitative estimate of drug-likeness (QED) is 0.754. The van der Waals surface area contributed by atoms with E-state index in [1.165, 1.54) is 32.3 Å². The summed E-state index contributed by atoms with van der Waals surface area (Å²) in [6.07, 6.45) is 0. The van der Waals surface area contributed by atoms with E-state index in [1.807, 2.05) is 36.5 Å². The number of hydrogen-bond donors (Lipinski definition) is 1. The van der Waals surface area contributed by atoms with Crippen LogP contribution in [0.1, 0.15) is 21.3 Å². The second-order valence-corrected chi connectivity index (χ2v) is 9.67. The van der Waals surface area contributed by atoms with Gasteiger partial charge >= 0.3 is 0 Å². The molecular weight excluding hydrogens is 394 g/mol. The first kappa shape index (κ1) is 20.9. The third-order valence-corrected chi connectivity index (χ3v) is 7.03. The molecule has 0 aliphatic rings. The fourth-order valence-electron chi connectivity index (χ4n) is 2.35. The van der Waals surface area contributed by atoms with Crippen molar-refractivity contribution in [2.75, 3.05) is 34.7 Å². The Kier molecular flexibility index (Phi) is 6.81. The average molecular weight is 416 g/mol. The number of hydrogen-bond acceptors (Lipinski definition) is 5. The van der Waals surface area contributed by atoms with Gasteiger partial charge in [-0.25, -0.2) is 12.7 Å². The number of nitrogens with one attached hydrogen (secondary N) is 1. The SMILES string of the molecule is CN(C)[C@@H](CNC(=O)c1cc(S(=O)(=O)N(C)C)ccc1Cl)c1cccs1. The van der Waals surface area contributed by atoms with Crippen molar-refractivity contribution in [1.29, 1.82) is 0 Å². The van der Waals surface area contributed by atoms with E-state index in [0.717, 1.165) is 9.18 Å². The van der Waals surface area contributed by atoms with Crippen LogP contribution in [0.3, 0.4) is 0 Å². The fraction of sp³-hybridized carbons (Fsp3) is 0.353. The first-order valence-electron chi connectivity index (χ1n) is 7.84. The minimum Gasteiger partial charge on any atom is -0.350 e. The van der Waals surface area contributed by atoms with E-state index < -0.39 is 15.9 Å². The minimum atomic E-state index is -3.64. The molecule has 0 aliphatic heterocycles. The minimum absolute atomic E-state index is 0.0198. The van der Waals surface area contributed by atoms with E-state index in [-0.39, 0.29) is 21.5 Å². The molecular formula is C17H22ClN3O3S2. The zero-order valence-corrected chi connectivity index (χ0v) is 17.5. The predicted molar refractivity (Wildman–Crippen MR) is 105 cm³/mol. The van der Waals surface area contributed by atoms with Crippen molar-refractivity contribution in [3.8, 4) is 0 Å². The van der Waals surface area contributed by atoms with Crippen molar-refractivity contribution in [3.63, 3.8) is 0 Å². The first-order valence-corrected chi connectivity index (χ1v) is 10.5. The highest BCUT2D eigenvalue weighted by Crippen LogP contribution is 2.24. The Morgan fingerprint density at radius 2 is 1.92 bits per heavy atom. The Bertz CT molecular complexity index is 865. The second-order valence-electron chi connectivity index (χ2n) is 6.13. The lowest BCUT2D eigenvalue weighted by Gasteiger charge is -2.23. The van der Waals surface area contributed by atoms with Gasteiger partial charge in [0.05, 0.1) is 21.5 Å². The number of carbonyl (C=O) groups excluding carboxylic acids is 1. The van der Waals surface area contributed by atoms with Crippen LogP contribution in [0.4, 0.5) is 0 Å². The van der Waals surface area contributed by atoms with Crippen molar-refractivity contribution in [1.82, 2.24) is 14.5 Å². The lowest BCUT2D eigenvalue weighted by atomic mass is 10.2. The maximum absolute atomic E-state index is 12.6. The van der Waals surface area contributed by atoms with Gasteiger partial charge in [0.15, 0.2) is 0 Å². The number of thiophene rings is 1. The molecule has 0 radical (unpaired) electrons. The molecule has 1 heterocycles. The van der Waals surface area contributed by atoms with E-state index in [4.69, 9.17) is 11.6 Å². The number of rotatable bonds is 7. The van der Waals surface area contributed by atoms with Gasteiger partial charge in [0, 0.05) is 25.5 Å². The topological polar surface area (TPSA) is 69.7 Å². The van der Waals surface area contributed by atoms with Gasteiger partial charge in [0.25, 0.3) is 5.91 Å². The average Bonchev–Trinajstić information content (AvgIpc) is 3.08. The van der Waals surface area contributed by atoms with Crippen molar-refractivity contribution in [2.24, 2.45) is 0 Å². The highest BCUT2D eigenvalue weighted by molar-refractivity contribution is 7.89. The van der Waals surface area contributed by atoms with E-state index in [1.54, 1.807) is 11.3 Å². The van der Waals surface area contributed by atoms with Gasteiger partial charge in [-0.1, -0.05) is 17.7 Å². The van der Waals surface area contributed by atoms with Crippen LogP contribution in [0.25, 0.3) is 0 Å². The summed E-state index contributed by atoms with van der Waals surface area (Å²) in [6, 6.07) is 8.12. The summed E-state index contributed by atoms with van der Waals surface area (Å²) in [6.45, 7) is 0.382. The van der Waals surface area contributed by atoms with Gasteiger partial charge in [0.1, 0.15) is 0 Å². The zero-order chi connectivity index (χ0) is 19.5. The van der Waals surface area contributed by atoms with E-state index in [9.17, 15) is 13.2 Å². The number of likely N-dealkylation sites (N-methyl/N-ethyl adjacent to an activating group) is 1. The molecule has 0 aliphatic carbocycles. The Morgan fingerprint density at radius 1 is 1.23 bits per heavy atom. The normalized spacial score (nSPS) is 13.2. The van der Waals surface area contributed by atoms with E-state index >= 15 is 0 Å². The summed E-state index contributed by atoms with van der Waals surface area (Å²) in [5.41, 5.74) is 0.137. The van der Waals surface area contributed by atoms with Crippen LogP contribution in [0.2, 0.25) is 5.02 Å². The molecule has 1 N–H and O–H groups in total. The lowest BCUT2D eigenvalue weighted by molar-refractivity contribution is 0.0942. The number of amides is 1.